The molecule has 1 aliphatic rings. The van der Waals surface area contributed by atoms with E-state index in [0.717, 1.165) is 17.8 Å². The Hall–Kier alpha value is -1.59. The quantitative estimate of drug-likeness (QED) is 0.863. The third-order valence-corrected chi connectivity index (χ3v) is 5.56. The van der Waals surface area contributed by atoms with Gasteiger partial charge in [0.15, 0.2) is 0 Å². The van der Waals surface area contributed by atoms with Crippen LogP contribution in [0, 0.1) is 0 Å². The average Bonchev–Trinajstić information content (AvgIpc) is 2.94. The van der Waals surface area contributed by atoms with Crippen molar-refractivity contribution in [3.8, 4) is 0 Å². The van der Waals surface area contributed by atoms with Gasteiger partial charge in [0.25, 0.3) is 0 Å². The van der Waals surface area contributed by atoms with E-state index in [0.29, 0.717) is 19.5 Å². The Morgan fingerprint density at radius 2 is 1.80 bits per heavy atom. The fourth-order valence-corrected chi connectivity index (χ4v) is 3.99. The van der Waals surface area contributed by atoms with Crippen LogP contribution in [0.15, 0.2) is 48.7 Å². The van der Waals surface area contributed by atoms with E-state index in [4.69, 9.17) is 0 Å². The van der Waals surface area contributed by atoms with Gasteiger partial charge in [0.2, 0.25) is 10.0 Å². The van der Waals surface area contributed by atoms with Crippen molar-refractivity contribution in [1.82, 2.24) is 8.87 Å². The minimum Gasteiger partial charge on any atom is -0.349 e. The van der Waals surface area contributed by atoms with E-state index in [1.54, 1.807) is 4.31 Å². The van der Waals surface area contributed by atoms with Crippen LogP contribution in [0.2, 0.25) is 0 Å². The van der Waals surface area contributed by atoms with Crippen molar-refractivity contribution in [1.29, 1.82) is 0 Å². The monoisotopic (exact) mass is 290 g/mol. The van der Waals surface area contributed by atoms with Crippen LogP contribution in [0.3, 0.4) is 0 Å². The lowest BCUT2D eigenvalue weighted by Gasteiger charge is -2.27. The summed E-state index contributed by atoms with van der Waals surface area (Å²) in [6.45, 7) is 1.80. The van der Waals surface area contributed by atoms with Crippen LogP contribution < -0.4 is 0 Å². The Morgan fingerprint density at radius 1 is 1.00 bits per heavy atom. The molecule has 3 rings (SSSR count). The second-order valence-corrected chi connectivity index (χ2v) is 7.17. The summed E-state index contributed by atoms with van der Waals surface area (Å²) in [6, 6.07) is 13.7. The molecular formula is C15H18N2O2S. The van der Waals surface area contributed by atoms with Gasteiger partial charge in [-0.3, -0.25) is 0 Å². The Kier molecular flexibility index (Phi) is 3.63. The molecule has 0 aliphatic carbocycles. The molecule has 0 bridgehead atoms. The first kappa shape index (κ1) is 13.4. The molecule has 1 aliphatic heterocycles. The van der Waals surface area contributed by atoms with Crippen LogP contribution in [0.1, 0.15) is 11.3 Å². The molecule has 2 heterocycles. The van der Waals surface area contributed by atoms with Crippen molar-refractivity contribution in [3.63, 3.8) is 0 Å². The van der Waals surface area contributed by atoms with Crippen LogP contribution in [-0.4, -0.2) is 29.6 Å². The fraction of sp³-hybridized carbons (Fsp3) is 0.333. The molecule has 4 nitrogen and oxygen atoms in total. The molecular weight excluding hydrogens is 272 g/mol. The van der Waals surface area contributed by atoms with E-state index in [1.807, 2.05) is 48.7 Å². The van der Waals surface area contributed by atoms with Crippen LogP contribution >= 0.6 is 0 Å². The van der Waals surface area contributed by atoms with Crippen LogP contribution in [0.4, 0.5) is 0 Å². The normalized spacial score (nSPS) is 16.0. The predicted molar refractivity (Wildman–Crippen MR) is 78.8 cm³/mol. The van der Waals surface area contributed by atoms with Gasteiger partial charge in [0.05, 0.1) is 12.3 Å². The molecule has 106 valence electrons. The summed E-state index contributed by atoms with van der Waals surface area (Å²) in [5, 5.41) is 0. The Bertz CT molecular complexity index is 677. The smallest absolute Gasteiger partial charge is 0.214 e. The van der Waals surface area contributed by atoms with Gasteiger partial charge in [-0.25, -0.2) is 8.42 Å². The van der Waals surface area contributed by atoms with E-state index < -0.39 is 10.0 Å². The molecule has 20 heavy (non-hydrogen) atoms. The third kappa shape index (κ3) is 2.78. The van der Waals surface area contributed by atoms with Crippen molar-refractivity contribution < 1.29 is 8.42 Å². The molecule has 0 fully saturated rings. The SMILES string of the molecule is O=S(=O)(CCc1ccccc1)N1CCn2cccc2C1. The second kappa shape index (κ2) is 5.42. The average molecular weight is 290 g/mol. The minimum atomic E-state index is -3.18. The number of sulfonamides is 1. The molecule has 0 saturated carbocycles. The summed E-state index contributed by atoms with van der Waals surface area (Å²) in [6.07, 6.45) is 2.57. The zero-order valence-electron chi connectivity index (χ0n) is 11.3. The minimum absolute atomic E-state index is 0.178. The topological polar surface area (TPSA) is 42.3 Å². The molecule has 0 atom stereocenters. The lowest BCUT2D eigenvalue weighted by molar-refractivity contribution is 0.341. The summed E-state index contributed by atoms with van der Waals surface area (Å²) in [4.78, 5) is 0. The van der Waals surface area contributed by atoms with E-state index >= 15 is 0 Å². The number of hydrogen-bond donors (Lipinski definition) is 0. The van der Waals surface area contributed by atoms with Crippen molar-refractivity contribution in [3.05, 3.63) is 59.9 Å². The van der Waals surface area contributed by atoms with Gasteiger partial charge >= 0.3 is 0 Å². The number of benzene rings is 1. The number of aromatic nitrogens is 1. The summed E-state index contributed by atoms with van der Waals surface area (Å²) in [5.74, 6) is 0.178. The van der Waals surface area contributed by atoms with Gasteiger partial charge in [-0.2, -0.15) is 4.31 Å². The maximum atomic E-state index is 12.4. The molecule has 2 aromatic rings. The van der Waals surface area contributed by atoms with Gasteiger partial charge in [-0.1, -0.05) is 30.3 Å². The summed E-state index contributed by atoms with van der Waals surface area (Å²) in [7, 11) is -3.18. The highest BCUT2D eigenvalue weighted by molar-refractivity contribution is 7.89. The zero-order chi connectivity index (χ0) is 14.0. The highest BCUT2D eigenvalue weighted by Gasteiger charge is 2.25. The predicted octanol–water partition coefficient (Wildman–Crippen LogP) is 1.88. The van der Waals surface area contributed by atoms with E-state index in [1.165, 1.54) is 0 Å². The lowest BCUT2D eigenvalue weighted by Crippen LogP contribution is -2.39. The van der Waals surface area contributed by atoms with Crippen molar-refractivity contribution in [2.24, 2.45) is 0 Å². The molecule has 1 aromatic heterocycles. The zero-order valence-corrected chi connectivity index (χ0v) is 12.1. The molecule has 0 amide bonds. The number of fused-ring (bicyclic) bond motifs is 1. The highest BCUT2D eigenvalue weighted by Crippen LogP contribution is 2.17. The molecule has 0 N–H and O–H groups in total. The maximum Gasteiger partial charge on any atom is 0.214 e. The Balaban J connectivity index is 1.67. The first-order valence-electron chi connectivity index (χ1n) is 6.81. The van der Waals surface area contributed by atoms with Crippen LogP contribution in [-0.2, 0) is 29.5 Å². The van der Waals surface area contributed by atoms with Gasteiger partial charge in [-0.05, 0) is 24.1 Å². The fourth-order valence-electron chi connectivity index (χ4n) is 2.55. The van der Waals surface area contributed by atoms with E-state index in [-0.39, 0.29) is 5.75 Å². The third-order valence-electron chi connectivity index (χ3n) is 3.74. The highest BCUT2D eigenvalue weighted by atomic mass is 32.2. The number of rotatable bonds is 4. The largest absolute Gasteiger partial charge is 0.349 e. The second-order valence-electron chi connectivity index (χ2n) is 5.08. The van der Waals surface area contributed by atoms with Crippen LogP contribution in [0.25, 0.3) is 0 Å². The molecule has 0 radical (unpaired) electrons. The molecule has 5 heteroatoms. The van der Waals surface area contributed by atoms with Gasteiger partial charge < -0.3 is 4.57 Å². The lowest BCUT2D eigenvalue weighted by atomic mass is 10.2. The Morgan fingerprint density at radius 3 is 2.60 bits per heavy atom. The van der Waals surface area contributed by atoms with E-state index in [2.05, 4.69) is 4.57 Å². The van der Waals surface area contributed by atoms with Crippen molar-refractivity contribution in [2.45, 2.75) is 19.5 Å². The number of nitrogens with zero attached hydrogens (tertiary/aromatic N) is 2. The first-order chi connectivity index (χ1) is 9.65. The summed E-state index contributed by atoms with van der Waals surface area (Å²) >= 11 is 0. The molecule has 0 unspecified atom stereocenters. The molecule has 0 spiro atoms. The number of hydrogen-bond acceptors (Lipinski definition) is 2. The number of aryl methyl sites for hydroxylation is 1. The maximum absolute atomic E-state index is 12.4. The molecule has 0 saturated heterocycles. The Labute approximate surface area is 119 Å². The standard InChI is InChI=1S/C15H18N2O2S/c18-20(19,12-8-14-5-2-1-3-6-14)17-11-10-16-9-4-7-15(16)13-17/h1-7,9H,8,10-13H2. The van der Waals surface area contributed by atoms with Crippen LogP contribution in [0.5, 0.6) is 0 Å². The van der Waals surface area contributed by atoms with Gasteiger partial charge in [-0.15, -0.1) is 0 Å². The van der Waals surface area contributed by atoms with Gasteiger partial charge in [0.1, 0.15) is 0 Å². The summed E-state index contributed by atoms with van der Waals surface area (Å²) < 4.78 is 28.5. The van der Waals surface area contributed by atoms with E-state index in [9.17, 15) is 8.42 Å². The van der Waals surface area contributed by atoms with Crippen molar-refractivity contribution in [2.75, 3.05) is 12.3 Å². The summed E-state index contributed by atoms with van der Waals surface area (Å²) in [5.41, 5.74) is 2.14. The van der Waals surface area contributed by atoms with Gasteiger partial charge in [0, 0.05) is 25.0 Å². The molecule has 1 aromatic carbocycles. The van der Waals surface area contributed by atoms with Crippen molar-refractivity contribution >= 4 is 10.0 Å². The first-order valence-corrected chi connectivity index (χ1v) is 8.42.